The number of benzene rings is 2. The van der Waals surface area contributed by atoms with Gasteiger partial charge in [0.1, 0.15) is 5.60 Å². The van der Waals surface area contributed by atoms with E-state index in [9.17, 15) is 4.79 Å². The van der Waals surface area contributed by atoms with E-state index in [1.54, 1.807) is 0 Å². The summed E-state index contributed by atoms with van der Waals surface area (Å²) in [7, 11) is 2.09. The molecule has 4 rings (SSSR count). The number of piperidine rings is 1. The van der Waals surface area contributed by atoms with Crippen LogP contribution in [0.5, 0.6) is 0 Å². The number of hydrogen-bond acceptors (Lipinski definition) is 4. The maximum atomic E-state index is 12.7. The minimum absolute atomic E-state index is 0.185. The molecule has 0 aliphatic carbocycles. The molecule has 1 aliphatic heterocycles. The molecule has 0 radical (unpaired) electrons. The second-order valence-electron chi connectivity index (χ2n) is 9.81. The van der Waals surface area contributed by atoms with Crippen LogP contribution in [-0.2, 0) is 11.3 Å². The SMILES string of the molecule is Cc1ccc(Cn2c(N(C)[C@H]3CCCN(C(=O)OC(C)(C)C)C3)nc3ccccc32)cc1. The molecule has 2 aromatic carbocycles. The zero-order valence-electron chi connectivity index (χ0n) is 19.8. The van der Waals surface area contributed by atoms with Crippen molar-refractivity contribution in [3.8, 4) is 0 Å². The van der Waals surface area contributed by atoms with Gasteiger partial charge in [-0.05, 0) is 58.2 Å². The molecule has 1 aromatic heterocycles. The number of aryl methyl sites for hydroxylation is 1. The van der Waals surface area contributed by atoms with Crippen molar-refractivity contribution in [2.75, 3.05) is 25.0 Å². The molecule has 0 unspecified atom stereocenters. The van der Waals surface area contributed by atoms with Gasteiger partial charge in [0.05, 0.1) is 17.6 Å². The van der Waals surface area contributed by atoms with Gasteiger partial charge in [0.2, 0.25) is 5.95 Å². The zero-order chi connectivity index (χ0) is 22.9. The van der Waals surface area contributed by atoms with E-state index in [1.165, 1.54) is 11.1 Å². The number of para-hydroxylation sites is 2. The number of rotatable bonds is 4. The quantitative estimate of drug-likeness (QED) is 0.564. The summed E-state index contributed by atoms with van der Waals surface area (Å²) < 4.78 is 7.90. The molecule has 1 fully saturated rings. The third-order valence-corrected chi connectivity index (χ3v) is 6.01. The van der Waals surface area contributed by atoms with Gasteiger partial charge in [-0.3, -0.25) is 0 Å². The number of aromatic nitrogens is 2. The average Bonchev–Trinajstić information content (AvgIpc) is 3.12. The molecule has 0 N–H and O–H groups in total. The molecule has 1 atom stereocenters. The summed E-state index contributed by atoms with van der Waals surface area (Å²) in [6.07, 6.45) is 1.74. The lowest BCUT2D eigenvalue weighted by molar-refractivity contribution is 0.0199. The topological polar surface area (TPSA) is 50.6 Å². The lowest BCUT2D eigenvalue weighted by atomic mass is 10.1. The molecule has 1 amide bonds. The number of nitrogens with zero attached hydrogens (tertiary/aromatic N) is 4. The first-order chi connectivity index (χ1) is 15.2. The Morgan fingerprint density at radius 2 is 1.88 bits per heavy atom. The van der Waals surface area contributed by atoms with Crippen molar-refractivity contribution in [1.29, 1.82) is 0 Å². The predicted molar refractivity (Wildman–Crippen MR) is 129 cm³/mol. The van der Waals surface area contributed by atoms with E-state index in [1.807, 2.05) is 31.7 Å². The van der Waals surface area contributed by atoms with Gasteiger partial charge >= 0.3 is 6.09 Å². The van der Waals surface area contributed by atoms with Crippen molar-refractivity contribution < 1.29 is 9.53 Å². The van der Waals surface area contributed by atoms with E-state index in [0.717, 1.165) is 42.9 Å². The lowest BCUT2D eigenvalue weighted by Gasteiger charge is -2.38. The third-order valence-electron chi connectivity index (χ3n) is 6.01. The fraction of sp³-hybridized carbons (Fsp3) is 0.462. The highest BCUT2D eigenvalue weighted by Crippen LogP contribution is 2.27. The maximum absolute atomic E-state index is 12.7. The fourth-order valence-corrected chi connectivity index (χ4v) is 4.29. The molecule has 32 heavy (non-hydrogen) atoms. The summed E-state index contributed by atoms with van der Waals surface area (Å²) in [6, 6.07) is 17.1. The minimum Gasteiger partial charge on any atom is -0.444 e. The number of imidazole rings is 1. The second kappa shape index (κ2) is 8.85. The summed E-state index contributed by atoms with van der Waals surface area (Å²) in [6.45, 7) is 9.96. The van der Waals surface area contributed by atoms with Crippen LogP contribution in [0.4, 0.5) is 10.7 Å². The van der Waals surface area contributed by atoms with E-state index in [0.29, 0.717) is 6.54 Å². The van der Waals surface area contributed by atoms with Crippen LogP contribution in [0.25, 0.3) is 11.0 Å². The zero-order valence-corrected chi connectivity index (χ0v) is 19.8. The number of carbonyl (C=O) groups excluding carboxylic acids is 1. The number of anilines is 1. The smallest absolute Gasteiger partial charge is 0.410 e. The van der Waals surface area contributed by atoms with E-state index < -0.39 is 5.60 Å². The van der Waals surface area contributed by atoms with Crippen molar-refractivity contribution in [2.24, 2.45) is 0 Å². The normalized spacial score (nSPS) is 16.9. The van der Waals surface area contributed by atoms with Crippen molar-refractivity contribution in [3.05, 3.63) is 59.7 Å². The largest absolute Gasteiger partial charge is 0.444 e. The fourth-order valence-electron chi connectivity index (χ4n) is 4.29. The van der Waals surface area contributed by atoms with E-state index in [-0.39, 0.29) is 12.1 Å². The van der Waals surface area contributed by atoms with Gasteiger partial charge in [0, 0.05) is 26.2 Å². The summed E-state index contributed by atoms with van der Waals surface area (Å²) in [4.78, 5) is 21.7. The molecule has 2 heterocycles. The Labute approximate surface area is 190 Å². The maximum Gasteiger partial charge on any atom is 0.410 e. The monoisotopic (exact) mass is 434 g/mol. The molecule has 0 spiro atoms. The highest BCUT2D eigenvalue weighted by Gasteiger charge is 2.31. The van der Waals surface area contributed by atoms with Crippen LogP contribution < -0.4 is 4.90 Å². The number of carbonyl (C=O) groups is 1. The van der Waals surface area contributed by atoms with Gasteiger partial charge in [-0.1, -0.05) is 42.0 Å². The van der Waals surface area contributed by atoms with Gasteiger partial charge in [0.25, 0.3) is 0 Å². The summed E-state index contributed by atoms with van der Waals surface area (Å²) in [5.41, 5.74) is 4.12. The van der Waals surface area contributed by atoms with Gasteiger partial charge in [-0.25, -0.2) is 9.78 Å². The molecule has 0 bridgehead atoms. The van der Waals surface area contributed by atoms with Crippen molar-refractivity contribution in [1.82, 2.24) is 14.5 Å². The number of fused-ring (bicyclic) bond motifs is 1. The molecular formula is C26H34N4O2. The number of likely N-dealkylation sites (tertiary alicyclic amines) is 1. The number of ether oxygens (including phenoxy) is 1. The van der Waals surface area contributed by atoms with Gasteiger partial charge < -0.3 is 19.1 Å². The Balaban J connectivity index is 1.61. The Morgan fingerprint density at radius 3 is 2.59 bits per heavy atom. The summed E-state index contributed by atoms with van der Waals surface area (Å²) >= 11 is 0. The van der Waals surface area contributed by atoms with Gasteiger partial charge in [0.15, 0.2) is 0 Å². The average molecular weight is 435 g/mol. The third kappa shape index (κ3) is 4.90. The first-order valence-electron chi connectivity index (χ1n) is 11.4. The van der Waals surface area contributed by atoms with E-state index in [4.69, 9.17) is 9.72 Å². The van der Waals surface area contributed by atoms with Crippen LogP contribution in [0, 0.1) is 6.92 Å². The molecule has 1 saturated heterocycles. The number of hydrogen-bond donors (Lipinski definition) is 0. The Bertz CT molecular complexity index is 1080. The first kappa shape index (κ1) is 22.2. The Morgan fingerprint density at radius 1 is 1.16 bits per heavy atom. The number of likely N-dealkylation sites (N-methyl/N-ethyl adjacent to an activating group) is 1. The number of amides is 1. The van der Waals surface area contributed by atoms with Crippen LogP contribution in [-0.4, -0.2) is 52.3 Å². The van der Waals surface area contributed by atoms with Crippen molar-refractivity contribution in [2.45, 2.75) is 58.7 Å². The molecule has 170 valence electrons. The Hall–Kier alpha value is -3.02. The molecule has 6 heteroatoms. The van der Waals surface area contributed by atoms with Crippen molar-refractivity contribution >= 4 is 23.1 Å². The molecule has 1 aliphatic rings. The first-order valence-corrected chi connectivity index (χ1v) is 11.4. The van der Waals surface area contributed by atoms with Crippen LogP contribution >= 0.6 is 0 Å². The van der Waals surface area contributed by atoms with Crippen LogP contribution in [0.1, 0.15) is 44.7 Å². The van der Waals surface area contributed by atoms with E-state index in [2.05, 4.69) is 65.9 Å². The lowest BCUT2D eigenvalue weighted by Crippen LogP contribution is -2.50. The van der Waals surface area contributed by atoms with Gasteiger partial charge in [-0.15, -0.1) is 0 Å². The molecule has 3 aromatic rings. The molecular weight excluding hydrogens is 400 g/mol. The minimum atomic E-state index is -0.488. The standard InChI is InChI=1S/C26H34N4O2/c1-19-12-14-20(15-13-19)17-30-23-11-7-6-10-22(23)27-24(30)28(5)21-9-8-16-29(18-21)25(31)32-26(2,3)4/h6-7,10-15,21H,8-9,16-18H2,1-5H3/t21-/m0/s1. The molecule has 0 saturated carbocycles. The van der Waals surface area contributed by atoms with Gasteiger partial charge in [-0.2, -0.15) is 0 Å². The van der Waals surface area contributed by atoms with Crippen molar-refractivity contribution in [3.63, 3.8) is 0 Å². The molecule has 6 nitrogen and oxygen atoms in total. The Kier molecular flexibility index (Phi) is 6.13. The van der Waals surface area contributed by atoms with Crippen LogP contribution in [0.2, 0.25) is 0 Å². The second-order valence-corrected chi connectivity index (χ2v) is 9.81. The summed E-state index contributed by atoms with van der Waals surface area (Å²) in [5, 5.41) is 0. The van der Waals surface area contributed by atoms with Crippen LogP contribution in [0.3, 0.4) is 0 Å². The highest BCUT2D eigenvalue weighted by atomic mass is 16.6. The van der Waals surface area contributed by atoms with Crippen LogP contribution in [0.15, 0.2) is 48.5 Å². The van der Waals surface area contributed by atoms with E-state index >= 15 is 0 Å². The predicted octanol–water partition coefficient (Wildman–Crippen LogP) is 5.23. The highest BCUT2D eigenvalue weighted by molar-refractivity contribution is 5.79. The summed E-state index contributed by atoms with van der Waals surface area (Å²) in [5.74, 6) is 0.933.